The Kier molecular flexibility index (Phi) is 6.10. The molecular weight excluding hydrogens is 422 g/mol. The van der Waals surface area contributed by atoms with Crippen LogP contribution in [0.2, 0.25) is 5.02 Å². The van der Waals surface area contributed by atoms with Crippen molar-refractivity contribution in [1.82, 2.24) is 4.90 Å². The van der Waals surface area contributed by atoms with E-state index in [9.17, 15) is 4.79 Å². The van der Waals surface area contributed by atoms with Crippen molar-refractivity contribution in [2.75, 3.05) is 19.4 Å². The Hall–Kier alpha value is -1.43. The fourth-order valence-electron chi connectivity index (χ4n) is 2.72. The number of hydrogen-bond acceptors (Lipinski definition) is 3. The van der Waals surface area contributed by atoms with Gasteiger partial charge in [0.05, 0.1) is 7.11 Å². The first-order valence-corrected chi connectivity index (χ1v) is 10.0. The Labute approximate surface area is 165 Å². The van der Waals surface area contributed by atoms with Crippen molar-refractivity contribution >= 4 is 51.3 Å². The number of nitrogens with zero attached hydrogens (tertiary/aromatic N) is 1. The summed E-state index contributed by atoms with van der Waals surface area (Å²) in [6.45, 7) is 0.705. The third kappa shape index (κ3) is 4.22. The van der Waals surface area contributed by atoms with E-state index in [2.05, 4.69) is 15.9 Å². The monoisotopic (exact) mass is 437 g/mol. The van der Waals surface area contributed by atoms with Gasteiger partial charge in [0.15, 0.2) is 0 Å². The molecule has 0 saturated carbocycles. The molecule has 0 aliphatic carbocycles. The van der Waals surface area contributed by atoms with E-state index in [0.29, 0.717) is 11.6 Å². The van der Waals surface area contributed by atoms with Gasteiger partial charge in [0.25, 0.3) is 0 Å². The van der Waals surface area contributed by atoms with E-state index < -0.39 is 0 Å². The first kappa shape index (κ1) is 18.4. The van der Waals surface area contributed by atoms with Crippen molar-refractivity contribution in [2.45, 2.75) is 5.37 Å². The van der Waals surface area contributed by atoms with Crippen molar-refractivity contribution in [3.63, 3.8) is 0 Å². The third-order valence-corrected chi connectivity index (χ3v) is 6.02. The average Bonchev–Trinajstić information content (AvgIpc) is 3.10. The molecule has 0 N–H and O–H groups in total. The summed E-state index contributed by atoms with van der Waals surface area (Å²) in [4.78, 5) is 14.6. The lowest BCUT2D eigenvalue weighted by Gasteiger charge is -2.24. The van der Waals surface area contributed by atoms with Crippen LogP contribution >= 0.6 is 39.3 Å². The van der Waals surface area contributed by atoms with Crippen molar-refractivity contribution < 1.29 is 9.53 Å². The molecule has 2 aromatic rings. The quantitative estimate of drug-likeness (QED) is 0.599. The molecule has 0 bridgehead atoms. The van der Waals surface area contributed by atoms with E-state index in [0.717, 1.165) is 27.1 Å². The lowest BCUT2D eigenvalue weighted by Crippen LogP contribution is -2.29. The number of benzene rings is 2. The molecule has 1 atom stereocenters. The van der Waals surface area contributed by atoms with Gasteiger partial charge in [-0.2, -0.15) is 0 Å². The number of hydrogen-bond donors (Lipinski definition) is 0. The molecule has 1 saturated heterocycles. The smallest absolute Gasteiger partial charge is 0.247 e. The lowest BCUT2D eigenvalue weighted by molar-refractivity contribution is -0.126. The number of carbonyl (C=O) groups is 1. The zero-order valence-electron chi connectivity index (χ0n) is 13.6. The molecule has 1 aliphatic heterocycles. The maximum atomic E-state index is 12.7. The molecule has 0 radical (unpaired) electrons. The van der Waals surface area contributed by atoms with Crippen molar-refractivity contribution in [2.24, 2.45) is 0 Å². The van der Waals surface area contributed by atoms with Crippen LogP contribution in [0.1, 0.15) is 16.5 Å². The number of ether oxygens (including phenoxy) is 1. The van der Waals surface area contributed by atoms with Gasteiger partial charge in [0.2, 0.25) is 5.91 Å². The van der Waals surface area contributed by atoms with E-state index in [-0.39, 0.29) is 11.3 Å². The summed E-state index contributed by atoms with van der Waals surface area (Å²) in [6.07, 6.45) is 3.35. The summed E-state index contributed by atoms with van der Waals surface area (Å²) >= 11 is 11.4. The highest BCUT2D eigenvalue weighted by molar-refractivity contribution is 9.10. The minimum absolute atomic E-state index is 0.0306. The summed E-state index contributed by atoms with van der Waals surface area (Å²) in [5, 5.41) is 0.573. The largest absolute Gasteiger partial charge is 0.496 e. The second-order valence-corrected chi connectivity index (χ2v) is 8.01. The van der Waals surface area contributed by atoms with Crippen molar-refractivity contribution in [3.8, 4) is 5.75 Å². The van der Waals surface area contributed by atoms with Crippen molar-refractivity contribution in [3.05, 3.63) is 69.2 Å². The van der Waals surface area contributed by atoms with Crippen LogP contribution in [0.25, 0.3) is 6.08 Å². The van der Waals surface area contributed by atoms with Crippen LogP contribution in [0, 0.1) is 0 Å². The normalized spacial score (nSPS) is 17.2. The summed E-state index contributed by atoms with van der Waals surface area (Å²) in [6, 6.07) is 13.3. The predicted molar refractivity (Wildman–Crippen MR) is 108 cm³/mol. The summed E-state index contributed by atoms with van der Waals surface area (Å²) < 4.78 is 6.45. The zero-order chi connectivity index (χ0) is 17.8. The van der Waals surface area contributed by atoms with Crippen LogP contribution in [-0.2, 0) is 4.79 Å². The second-order valence-electron chi connectivity index (χ2n) is 5.50. The Morgan fingerprint density at radius 2 is 2.16 bits per heavy atom. The third-order valence-electron chi connectivity index (χ3n) is 3.94. The van der Waals surface area contributed by atoms with E-state index in [1.54, 1.807) is 31.0 Å². The number of thioether (sulfide) groups is 1. The second kappa shape index (κ2) is 8.30. The maximum Gasteiger partial charge on any atom is 0.247 e. The van der Waals surface area contributed by atoms with Crippen LogP contribution < -0.4 is 4.74 Å². The minimum Gasteiger partial charge on any atom is -0.496 e. The minimum atomic E-state index is -0.0594. The number of halogens is 2. The number of carbonyl (C=O) groups excluding carboxylic acids is 1. The molecule has 3 rings (SSSR count). The molecule has 0 spiro atoms. The van der Waals surface area contributed by atoms with Gasteiger partial charge in [0.1, 0.15) is 11.1 Å². The van der Waals surface area contributed by atoms with Gasteiger partial charge in [-0.15, -0.1) is 11.8 Å². The molecule has 1 aliphatic rings. The number of rotatable bonds is 4. The van der Waals surface area contributed by atoms with Crippen LogP contribution in [0.4, 0.5) is 0 Å². The lowest BCUT2D eigenvalue weighted by atomic mass is 10.1. The summed E-state index contributed by atoms with van der Waals surface area (Å²) in [5.41, 5.74) is 1.83. The van der Waals surface area contributed by atoms with Gasteiger partial charge in [-0.1, -0.05) is 45.7 Å². The van der Waals surface area contributed by atoms with Crippen LogP contribution in [0.15, 0.2) is 53.0 Å². The van der Waals surface area contributed by atoms with Gasteiger partial charge in [-0.3, -0.25) is 4.79 Å². The molecule has 6 heteroatoms. The van der Waals surface area contributed by atoms with E-state index in [4.69, 9.17) is 16.3 Å². The standard InChI is InChI=1S/C19H17BrClNO2S/c1-24-17-8-7-14(20)12-15(17)19-22(10-11-25-19)18(23)9-6-13-4-2-3-5-16(13)21/h2-9,12,19H,10-11H2,1H3/b9-6+. The van der Waals surface area contributed by atoms with Crippen LogP contribution in [-0.4, -0.2) is 30.2 Å². The highest BCUT2D eigenvalue weighted by atomic mass is 79.9. The molecule has 1 amide bonds. The summed E-state index contributed by atoms with van der Waals surface area (Å²) in [7, 11) is 1.65. The Morgan fingerprint density at radius 1 is 1.36 bits per heavy atom. The fourth-order valence-corrected chi connectivity index (χ4v) is 4.57. The SMILES string of the molecule is COc1ccc(Br)cc1C1SCCN1C(=O)/C=C/c1ccccc1Cl. The predicted octanol–water partition coefficient (Wildman–Crippen LogP) is 5.40. The van der Waals surface area contributed by atoms with Gasteiger partial charge < -0.3 is 9.64 Å². The Morgan fingerprint density at radius 3 is 2.92 bits per heavy atom. The number of methoxy groups -OCH3 is 1. The molecule has 1 heterocycles. The van der Waals surface area contributed by atoms with Gasteiger partial charge >= 0.3 is 0 Å². The maximum absolute atomic E-state index is 12.7. The van der Waals surface area contributed by atoms with Crippen LogP contribution in [0.5, 0.6) is 5.75 Å². The molecule has 1 unspecified atom stereocenters. The van der Waals surface area contributed by atoms with E-state index in [1.807, 2.05) is 47.4 Å². The Bertz CT molecular complexity index is 812. The first-order valence-electron chi connectivity index (χ1n) is 7.78. The average molecular weight is 439 g/mol. The van der Waals surface area contributed by atoms with E-state index in [1.165, 1.54) is 0 Å². The first-order chi connectivity index (χ1) is 12.1. The summed E-state index contributed by atoms with van der Waals surface area (Å²) in [5.74, 6) is 1.65. The molecular formula is C19H17BrClNO2S. The van der Waals surface area contributed by atoms with Gasteiger partial charge in [-0.25, -0.2) is 0 Å². The molecule has 130 valence electrons. The number of amides is 1. The van der Waals surface area contributed by atoms with Crippen LogP contribution in [0.3, 0.4) is 0 Å². The zero-order valence-corrected chi connectivity index (χ0v) is 16.8. The highest BCUT2D eigenvalue weighted by Crippen LogP contribution is 2.43. The highest BCUT2D eigenvalue weighted by Gasteiger charge is 2.31. The Balaban J connectivity index is 1.83. The molecule has 1 fully saturated rings. The fraction of sp³-hybridized carbons (Fsp3) is 0.211. The molecule has 2 aromatic carbocycles. The molecule has 25 heavy (non-hydrogen) atoms. The van der Waals surface area contributed by atoms with E-state index >= 15 is 0 Å². The van der Waals surface area contributed by atoms with Crippen molar-refractivity contribution in [1.29, 1.82) is 0 Å². The molecule has 0 aromatic heterocycles. The topological polar surface area (TPSA) is 29.5 Å². The van der Waals surface area contributed by atoms with Gasteiger partial charge in [-0.05, 0) is 35.9 Å². The van der Waals surface area contributed by atoms with Gasteiger partial charge in [0, 0.05) is 33.4 Å². The molecule has 3 nitrogen and oxygen atoms in total.